The van der Waals surface area contributed by atoms with Crippen LogP contribution < -0.4 is 10.2 Å². The maximum atomic E-state index is 6.25. The number of rotatable bonds is 6. The van der Waals surface area contributed by atoms with E-state index in [9.17, 15) is 0 Å². The summed E-state index contributed by atoms with van der Waals surface area (Å²) in [4.78, 5) is 7.03. The molecule has 0 atom stereocenters. The van der Waals surface area contributed by atoms with E-state index in [0.717, 1.165) is 49.2 Å². The second-order valence-electron chi connectivity index (χ2n) is 5.74. The number of aromatic nitrogens is 1. The summed E-state index contributed by atoms with van der Waals surface area (Å²) in [5.41, 5.74) is 2.33. The van der Waals surface area contributed by atoms with Gasteiger partial charge in [0, 0.05) is 32.8 Å². The van der Waals surface area contributed by atoms with Crippen LogP contribution in [0.15, 0.2) is 23.8 Å². The minimum absolute atomic E-state index is 0.668. The molecular weight excluding hydrogens is 286 g/mol. The Kier molecular flexibility index (Phi) is 4.78. The van der Waals surface area contributed by atoms with E-state index in [1.807, 2.05) is 12.1 Å². The molecule has 4 nitrogen and oxygen atoms in total. The zero-order valence-electron chi connectivity index (χ0n) is 12.4. The quantitative estimate of drug-likeness (QED) is 0.820. The molecule has 0 unspecified atom stereocenters. The van der Waals surface area contributed by atoms with Crippen molar-refractivity contribution in [1.29, 1.82) is 0 Å². The number of hydrogen-bond acceptors (Lipinski definition) is 4. The van der Waals surface area contributed by atoms with Crippen LogP contribution in [-0.4, -0.2) is 37.8 Å². The highest BCUT2D eigenvalue weighted by Gasteiger charge is 2.21. The smallest absolute Gasteiger partial charge is 0.129 e. The summed E-state index contributed by atoms with van der Waals surface area (Å²) < 4.78 is 5.19. The molecule has 1 aromatic rings. The molecule has 1 saturated carbocycles. The average Bonchev–Trinajstić information content (AvgIpc) is 3.32. The summed E-state index contributed by atoms with van der Waals surface area (Å²) >= 11 is 6.25. The van der Waals surface area contributed by atoms with Gasteiger partial charge in [-0.25, -0.2) is 4.98 Å². The molecule has 0 amide bonds. The molecule has 1 aliphatic carbocycles. The molecule has 21 heavy (non-hydrogen) atoms. The molecule has 0 saturated heterocycles. The molecule has 0 radical (unpaired) electrons. The van der Waals surface area contributed by atoms with Crippen molar-refractivity contribution in [3.63, 3.8) is 0 Å². The van der Waals surface area contributed by atoms with Gasteiger partial charge in [-0.05, 0) is 37.0 Å². The van der Waals surface area contributed by atoms with Gasteiger partial charge < -0.3 is 15.0 Å². The molecule has 1 aromatic heterocycles. The van der Waals surface area contributed by atoms with Crippen LogP contribution in [0, 0.1) is 0 Å². The second kappa shape index (κ2) is 6.77. The van der Waals surface area contributed by atoms with Crippen molar-refractivity contribution < 1.29 is 4.74 Å². The van der Waals surface area contributed by atoms with Crippen LogP contribution in [0.3, 0.4) is 0 Å². The number of halogens is 1. The van der Waals surface area contributed by atoms with Crippen LogP contribution in [0.5, 0.6) is 0 Å². The summed E-state index contributed by atoms with van der Waals surface area (Å²) in [6.07, 6.45) is 5.83. The van der Waals surface area contributed by atoms with Gasteiger partial charge in [0.05, 0.1) is 17.3 Å². The summed E-state index contributed by atoms with van der Waals surface area (Å²) in [6.45, 7) is 3.37. The normalized spacial score (nSPS) is 18.8. The molecule has 0 spiro atoms. The lowest BCUT2D eigenvalue weighted by molar-refractivity contribution is 0.222. The van der Waals surface area contributed by atoms with Crippen molar-refractivity contribution in [3.05, 3.63) is 34.5 Å². The Morgan fingerprint density at radius 3 is 2.95 bits per heavy atom. The molecule has 0 bridgehead atoms. The molecule has 1 N–H and O–H groups in total. The molecule has 3 rings (SSSR count). The Hall–Kier alpha value is -1.10. The van der Waals surface area contributed by atoms with Crippen molar-refractivity contribution >= 4 is 17.4 Å². The number of pyridine rings is 1. The van der Waals surface area contributed by atoms with E-state index in [-0.39, 0.29) is 0 Å². The van der Waals surface area contributed by atoms with Crippen molar-refractivity contribution in [1.82, 2.24) is 10.3 Å². The molecular formula is C16H22ClN3O. The number of anilines is 1. The third-order valence-corrected chi connectivity index (χ3v) is 4.34. The topological polar surface area (TPSA) is 37.4 Å². The second-order valence-corrected chi connectivity index (χ2v) is 6.15. The molecule has 2 heterocycles. The van der Waals surface area contributed by atoms with Gasteiger partial charge in [-0.15, -0.1) is 0 Å². The first-order valence-electron chi connectivity index (χ1n) is 7.57. The number of hydrogen-bond donors (Lipinski definition) is 1. The van der Waals surface area contributed by atoms with E-state index in [4.69, 9.17) is 21.3 Å². The zero-order chi connectivity index (χ0) is 14.7. The predicted molar refractivity (Wildman–Crippen MR) is 85.9 cm³/mol. The number of ether oxygens (including phenoxy) is 1. The minimum Gasteiger partial charge on any atom is -0.380 e. The predicted octanol–water partition coefficient (Wildman–Crippen LogP) is 2.77. The van der Waals surface area contributed by atoms with Gasteiger partial charge in [0.25, 0.3) is 0 Å². The lowest BCUT2D eigenvalue weighted by Crippen LogP contribution is -2.30. The van der Waals surface area contributed by atoms with Gasteiger partial charge in [0.15, 0.2) is 0 Å². The Balaban J connectivity index is 1.66. The fourth-order valence-corrected chi connectivity index (χ4v) is 2.71. The Morgan fingerprint density at radius 2 is 2.29 bits per heavy atom. The Morgan fingerprint density at radius 1 is 1.43 bits per heavy atom. The fraction of sp³-hybridized carbons (Fsp3) is 0.562. The van der Waals surface area contributed by atoms with Crippen LogP contribution in [0.2, 0.25) is 5.02 Å². The van der Waals surface area contributed by atoms with E-state index >= 15 is 0 Å². The summed E-state index contributed by atoms with van der Waals surface area (Å²) in [6, 6.07) is 4.64. The first kappa shape index (κ1) is 14.8. The third kappa shape index (κ3) is 3.96. The van der Waals surface area contributed by atoms with Crippen molar-refractivity contribution in [3.8, 4) is 0 Å². The molecule has 1 fully saturated rings. The minimum atomic E-state index is 0.668. The first-order chi connectivity index (χ1) is 10.3. The van der Waals surface area contributed by atoms with Gasteiger partial charge >= 0.3 is 0 Å². The van der Waals surface area contributed by atoms with Crippen LogP contribution in [0.4, 0.5) is 5.82 Å². The van der Waals surface area contributed by atoms with Gasteiger partial charge in [0.1, 0.15) is 5.82 Å². The number of nitrogens with zero attached hydrogens (tertiary/aromatic N) is 2. The number of nitrogens with one attached hydrogen (secondary N) is 1. The van der Waals surface area contributed by atoms with E-state index in [1.54, 1.807) is 7.11 Å². The van der Waals surface area contributed by atoms with Gasteiger partial charge in [-0.1, -0.05) is 17.7 Å². The summed E-state index contributed by atoms with van der Waals surface area (Å²) in [5.74, 6) is 1.01. The molecule has 1 aliphatic heterocycles. The van der Waals surface area contributed by atoms with Gasteiger partial charge in [0.2, 0.25) is 0 Å². The molecule has 0 aromatic carbocycles. The molecule has 5 heteroatoms. The highest BCUT2D eigenvalue weighted by atomic mass is 35.5. The highest BCUT2D eigenvalue weighted by molar-refractivity contribution is 6.31. The van der Waals surface area contributed by atoms with Crippen LogP contribution >= 0.6 is 11.6 Å². The fourth-order valence-electron chi connectivity index (χ4n) is 2.54. The van der Waals surface area contributed by atoms with Crippen LogP contribution in [0.1, 0.15) is 25.0 Å². The highest BCUT2D eigenvalue weighted by Crippen LogP contribution is 2.24. The largest absolute Gasteiger partial charge is 0.380 e. The van der Waals surface area contributed by atoms with E-state index in [0.29, 0.717) is 6.04 Å². The van der Waals surface area contributed by atoms with Crippen molar-refractivity contribution in [2.45, 2.75) is 31.8 Å². The standard InChI is InChI=1S/C16H22ClN3O/c1-21-11-12-6-8-20(9-7-12)16-5-4-14(17)15(19-16)10-18-13-2-3-13/h4-6,13,18H,2-3,7-11H2,1H3. The monoisotopic (exact) mass is 307 g/mol. The third-order valence-electron chi connectivity index (χ3n) is 4.00. The Bertz CT molecular complexity index is 528. The average molecular weight is 308 g/mol. The number of methoxy groups -OCH3 is 1. The molecule has 2 aliphatic rings. The van der Waals surface area contributed by atoms with E-state index in [2.05, 4.69) is 16.3 Å². The maximum absolute atomic E-state index is 6.25. The first-order valence-corrected chi connectivity index (χ1v) is 7.94. The van der Waals surface area contributed by atoms with Crippen LogP contribution in [0.25, 0.3) is 0 Å². The van der Waals surface area contributed by atoms with Gasteiger partial charge in [-0.3, -0.25) is 0 Å². The van der Waals surface area contributed by atoms with Crippen molar-refractivity contribution in [2.24, 2.45) is 0 Å². The summed E-state index contributed by atoms with van der Waals surface area (Å²) in [7, 11) is 1.74. The lowest BCUT2D eigenvalue weighted by Gasteiger charge is -2.27. The van der Waals surface area contributed by atoms with E-state index in [1.165, 1.54) is 18.4 Å². The molecule has 114 valence electrons. The van der Waals surface area contributed by atoms with Crippen molar-refractivity contribution in [2.75, 3.05) is 31.7 Å². The lowest BCUT2D eigenvalue weighted by atomic mass is 10.1. The van der Waals surface area contributed by atoms with E-state index < -0.39 is 0 Å². The zero-order valence-corrected chi connectivity index (χ0v) is 13.2. The SMILES string of the molecule is COCC1=CCN(c2ccc(Cl)c(CNC3CC3)n2)CC1. The van der Waals surface area contributed by atoms with Crippen LogP contribution in [-0.2, 0) is 11.3 Å². The maximum Gasteiger partial charge on any atom is 0.129 e. The Labute approximate surface area is 131 Å². The summed E-state index contributed by atoms with van der Waals surface area (Å²) in [5, 5.41) is 4.22. The van der Waals surface area contributed by atoms with Gasteiger partial charge in [-0.2, -0.15) is 0 Å².